The highest BCUT2D eigenvalue weighted by Gasteiger charge is 2.42. The number of thiol groups is 1. The number of hydrogen-bond acceptors (Lipinski definition) is 5. The lowest BCUT2D eigenvalue weighted by molar-refractivity contribution is -0.125. The Kier molecular flexibility index (Phi) is 6.10. The van der Waals surface area contributed by atoms with Crippen LogP contribution in [0.2, 0.25) is 0 Å². The first kappa shape index (κ1) is 20.9. The molecular formula is C22H23N3O3S2. The van der Waals surface area contributed by atoms with Gasteiger partial charge < -0.3 is 0 Å². The Bertz CT molecular complexity index is 1150. The van der Waals surface area contributed by atoms with E-state index in [9.17, 15) is 13.2 Å². The topological polar surface area (TPSA) is 78.5 Å². The van der Waals surface area contributed by atoms with Gasteiger partial charge >= 0.3 is 0 Å². The van der Waals surface area contributed by atoms with Crippen LogP contribution < -0.4 is 10.9 Å². The molecule has 6 nitrogen and oxygen atoms in total. The van der Waals surface area contributed by atoms with Crippen LogP contribution in [0, 0.1) is 0 Å². The van der Waals surface area contributed by atoms with E-state index in [-0.39, 0.29) is 22.6 Å². The normalized spacial score (nSPS) is 19.8. The van der Waals surface area contributed by atoms with Crippen molar-refractivity contribution in [2.45, 2.75) is 29.2 Å². The predicted molar refractivity (Wildman–Crippen MR) is 120 cm³/mol. The van der Waals surface area contributed by atoms with E-state index in [2.05, 4.69) is 23.5 Å². The minimum absolute atomic E-state index is 0.179. The molecule has 1 heterocycles. The molecule has 3 aromatic rings. The van der Waals surface area contributed by atoms with Crippen molar-refractivity contribution in [3.8, 4) is 0 Å². The molecule has 1 aliphatic heterocycles. The maximum atomic E-state index is 13.3. The molecule has 2 N–H and O–H groups in total. The van der Waals surface area contributed by atoms with E-state index in [4.69, 9.17) is 0 Å². The van der Waals surface area contributed by atoms with Crippen LogP contribution in [0.1, 0.15) is 12.0 Å². The van der Waals surface area contributed by atoms with Crippen molar-refractivity contribution >= 4 is 39.3 Å². The zero-order valence-corrected chi connectivity index (χ0v) is 17.9. The quantitative estimate of drug-likeness (QED) is 0.406. The first-order valence-electron chi connectivity index (χ1n) is 9.70. The fraction of sp³-hybridized carbons (Fsp3) is 0.227. The average molecular weight is 442 g/mol. The Hall–Kier alpha value is -2.39. The van der Waals surface area contributed by atoms with E-state index in [0.717, 1.165) is 16.3 Å². The number of nitrogens with zero attached hydrogens (tertiary/aromatic N) is 1. The fourth-order valence-corrected chi connectivity index (χ4v) is 5.83. The molecular weight excluding hydrogens is 418 g/mol. The second kappa shape index (κ2) is 8.77. The lowest BCUT2D eigenvalue weighted by Gasteiger charge is -2.23. The van der Waals surface area contributed by atoms with Gasteiger partial charge in [0.05, 0.1) is 4.90 Å². The van der Waals surface area contributed by atoms with Gasteiger partial charge in [0.15, 0.2) is 0 Å². The van der Waals surface area contributed by atoms with Crippen molar-refractivity contribution < 1.29 is 13.2 Å². The number of hydrogen-bond donors (Lipinski definition) is 3. The summed E-state index contributed by atoms with van der Waals surface area (Å²) in [5, 5.41) is 1.60. The number of rotatable bonds is 6. The SMILES string of the molecule is O=C(NNCc1ccccc1)C1CC(S)CN1S(=O)(=O)c1ccc2ccccc2c1. The Balaban J connectivity index is 1.51. The molecule has 3 aromatic carbocycles. The summed E-state index contributed by atoms with van der Waals surface area (Å²) in [5.74, 6) is -0.383. The summed E-state index contributed by atoms with van der Waals surface area (Å²) in [6, 6.07) is 21.4. The molecule has 2 unspecified atom stereocenters. The molecule has 1 amide bonds. The second-order valence-electron chi connectivity index (χ2n) is 7.32. The highest BCUT2D eigenvalue weighted by Crippen LogP contribution is 2.30. The largest absolute Gasteiger partial charge is 0.290 e. The van der Waals surface area contributed by atoms with Crippen molar-refractivity contribution in [1.82, 2.24) is 15.2 Å². The number of benzene rings is 3. The van der Waals surface area contributed by atoms with Gasteiger partial charge in [-0.05, 0) is 34.9 Å². The molecule has 0 aromatic heterocycles. The molecule has 0 saturated carbocycles. The third kappa shape index (κ3) is 4.37. The molecule has 0 spiro atoms. The van der Waals surface area contributed by atoms with E-state index >= 15 is 0 Å². The fourth-order valence-electron chi connectivity index (χ4n) is 3.66. The van der Waals surface area contributed by atoms with Crippen molar-refractivity contribution in [3.63, 3.8) is 0 Å². The van der Waals surface area contributed by atoms with Crippen molar-refractivity contribution in [2.75, 3.05) is 6.54 Å². The van der Waals surface area contributed by atoms with Gasteiger partial charge in [-0.25, -0.2) is 13.8 Å². The van der Waals surface area contributed by atoms with Gasteiger partial charge in [-0.2, -0.15) is 16.9 Å². The highest BCUT2D eigenvalue weighted by molar-refractivity contribution is 7.89. The zero-order valence-electron chi connectivity index (χ0n) is 16.2. The third-order valence-corrected chi connectivity index (χ3v) is 7.46. The number of fused-ring (bicyclic) bond motifs is 1. The Morgan fingerprint density at radius 2 is 1.70 bits per heavy atom. The summed E-state index contributed by atoms with van der Waals surface area (Å²) < 4.78 is 27.9. The van der Waals surface area contributed by atoms with Gasteiger partial charge in [-0.15, -0.1) is 0 Å². The number of nitrogens with one attached hydrogen (secondary N) is 2. The standard InChI is InChI=1S/C22H23N3O3S2/c26-22(24-23-14-16-6-2-1-3-7-16)21-13-19(29)15-25(21)30(27,28)20-11-10-17-8-4-5-9-18(17)12-20/h1-12,19,21,23,29H,13-15H2,(H,24,26). The molecule has 4 rings (SSSR count). The van der Waals surface area contributed by atoms with Crippen LogP contribution in [-0.4, -0.2) is 36.5 Å². The summed E-state index contributed by atoms with van der Waals surface area (Å²) in [6.07, 6.45) is 0.356. The Labute approximate surface area is 181 Å². The van der Waals surface area contributed by atoms with Crippen LogP contribution >= 0.6 is 12.6 Å². The van der Waals surface area contributed by atoms with Crippen LogP contribution in [0.5, 0.6) is 0 Å². The van der Waals surface area contributed by atoms with Crippen LogP contribution in [-0.2, 0) is 21.4 Å². The second-order valence-corrected chi connectivity index (χ2v) is 9.94. The number of sulfonamides is 1. The van der Waals surface area contributed by atoms with Crippen LogP contribution in [0.3, 0.4) is 0 Å². The van der Waals surface area contributed by atoms with E-state index < -0.39 is 16.1 Å². The summed E-state index contributed by atoms with van der Waals surface area (Å²) in [5.41, 5.74) is 6.54. The predicted octanol–water partition coefficient (Wildman–Crippen LogP) is 2.72. The Morgan fingerprint density at radius 3 is 2.47 bits per heavy atom. The van der Waals surface area contributed by atoms with Crippen LogP contribution in [0.4, 0.5) is 0 Å². The van der Waals surface area contributed by atoms with Gasteiger partial charge in [0, 0.05) is 18.3 Å². The smallest absolute Gasteiger partial charge is 0.252 e. The summed E-state index contributed by atoms with van der Waals surface area (Å²) in [4.78, 5) is 12.9. The van der Waals surface area contributed by atoms with E-state index in [1.807, 2.05) is 54.6 Å². The number of carbonyl (C=O) groups excluding carboxylic acids is 1. The molecule has 8 heteroatoms. The van der Waals surface area contributed by atoms with Crippen molar-refractivity contribution in [2.24, 2.45) is 0 Å². The highest BCUT2D eigenvalue weighted by atomic mass is 32.2. The maximum Gasteiger partial charge on any atom is 0.252 e. The first-order valence-corrected chi connectivity index (χ1v) is 11.7. The van der Waals surface area contributed by atoms with Gasteiger partial charge in [0.2, 0.25) is 10.0 Å². The molecule has 1 aliphatic rings. The molecule has 0 radical (unpaired) electrons. The molecule has 2 atom stereocenters. The summed E-state index contributed by atoms with van der Waals surface area (Å²) in [6.45, 7) is 0.635. The zero-order chi connectivity index (χ0) is 21.1. The lowest BCUT2D eigenvalue weighted by Crippen LogP contribution is -2.49. The molecule has 156 valence electrons. The van der Waals surface area contributed by atoms with E-state index in [1.165, 1.54) is 4.31 Å². The van der Waals surface area contributed by atoms with Gasteiger partial charge in [0.25, 0.3) is 5.91 Å². The first-order chi connectivity index (χ1) is 14.4. The van der Waals surface area contributed by atoms with Crippen molar-refractivity contribution in [3.05, 3.63) is 78.4 Å². The van der Waals surface area contributed by atoms with Crippen molar-refractivity contribution in [1.29, 1.82) is 0 Å². The minimum atomic E-state index is -3.84. The van der Waals surface area contributed by atoms with Gasteiger partial charge in [-0.3, -0.25) is 10.2 Å². The molecule has 30 heavy (non-hydrogen) atoms. The van der Waals surface area contributed by atoms with Gasteiger partial charge in [0.1, 0.15) is 6.04 Å². The molecule has 1 fully saturated rings. The average Bonchev–Trinajstić information content (AvgIpc) is 3.17. The van der Waals surface area contributed by atoms with E-state index in [1.54, 1.807) is 18.2 Å². The number of hydrazine groups is 1. The van der Waals surface area contributed by atoms with E-state index in [0.29, 0.717) is 13.0 Å². The minimum Gasteiger partial charge on any atom is -0.290 e. The third-order valence-electron chi connectivity index (χ3n) is 5.21. The van der Waals surface area contributed by atoms with Gasteiger partial charge in [-0.1, -0.05) is 60.7 Å². The Morgan fingerprint density at radius 1 is 1.00 bits per heavy atom. The van der Waals surface area contributed by atoms with Crippen LogP contribution in [0.15, 0.2) is 77.7 Å². The number of carbonyl (C=O) groups is 1. The molecule has 1 saturated heterocycles. The molecule has 0 bridgehead atoms. The number of amides is 1. The monoisotopic (exact) mass is 441 g/mol. The van der Waals surface area contributed by atoms with Crippen LogP contribution in [0.25, 0.3) is 10.8 Å². The summed E-state index contributed by atoms with van der Waals surface area (Å²) >= 11 is 4.45. The molecule has 0 aliphatic carbocycles. The maximum absolute atomic E-state index is 13.3. The lowest BCUT2D eigenvalue weighted by atomic mass is 10.1. The summed E-state index contributed by atoms with van der Waals surface area (Å²) in [7, 11) is -3.84.